The van der Waals surface area contributed by atoms with Gasteiger partial charge >= 0.3 is 0 Å². The summed E-state index contributed by atoms with van der Waals surface area (Å²) in [5, 5.41) is 3.52. The maximum absolute atomic E-state index is 12.4. The van der Waals surface area contributed by atoms with Crippen LogP contribution in [0.4, 0.5) is 5.69 Å². The number of nitrogens with one attached hydrogen (secondary N) is 1. The van der Waals surface area contributed by atoms with Gasteiger partial charge in [0.1, 0.15) is 0 Å². The van der Waals surface area contributed by atoms with E-state index in [0.29, 0.717) is 11.4 Å². The first-order chi connectivity index (χ1) is 9.50. The number of carbonyl (C=O) groups excluding carboxylic acids is 1. The van der Waals surface area contributed by atoms with Crippen LogP contribution in [0.15, 0.2) is 42.5 Å². The van der Waals surface area contributed by atoms with Gasteiger partial charge in [-0.15, -0.1) is 0 Å². The highest BCUT2D eigenvalue weighted by molar-refractivity contribution is 6.34. The van der Waals surface area contributed by atoms with Gasteiger partial charge in [-0.3, -0.25) is 4.79 Å². The quantitative estimate of drug-likeness (QED) is 0.884. The SMILES string of the molecule is Cc1ccc(CC2(C)C(=O)Nc3c(Cl)cccc32)cc1. The van der Waals surface area contributed by atoms with Crippen LogP contribution < -0.4 is 5.32 Å². The molecule has 1 aliphatic rings. The van der Waals surface area contributed by atoms with Crippen molar-refractivity contribution in [1.29, 1.82) is 0 Å². The fourth-order valence-corrected chi connectivity index (χ4v) is 3.00. The third-order valence-electron chi connectivity index (χ3n) is 4.03. The molecular weight excluding hydrogens is 270 g/mol. The molecule has 20 heavy (non-hydrogen) atoms. The van der Waals surface area contributed by atoms with Crippen LogP contribution in [0.1, 0.15) is 23.6 Å². The molecule has 1 aliphatic heterocycles. The molecule has 0 bridgehead atoms. The van der Waals surface area contributed by atoms with Gasteiger partial charge in [0.25, 0.3) is 0 Å². The lowest BCUT2D eigenvalue weighted by Crippen LogP contribution is -2.33. The minimum Gasteiger partial charge on any atom is -0.324 e. The second-order valence-electron chi connectivity index (χ2n) is 5.61. The number of aryl methyl sites for hydroxylation is 1. The van der Waals surface area contributed by atoms with Crippen molar-refractivity contribution in [2.75, 3.05) is 5.32 Å². The highest BCUT2D eigenvalue weighted by atomic mass is 35.5. The van der Waals surface area contributed by atoms with Crippen LogP contribution in [0.25, 0.3) is 0 Å². The second kappa shape index (κ2) is 4.64. The smallest absolute Gasteiger partial charge is 0.235 e. The molecule has 0 radical (unpaired) electrons. The van der Waals surface area contributed by atoms with E-state index in [-0.39, 0.29) is 5.91 Å². The molecule has 0 aromatic heterocycles. The number of para-hydroxylation sites is 1. The maximum atomic E-state index is 12.4. The number of rotatable bonds is 2. The molecule has 3 rings (SSSR count). The van der Waals surface area contributed by atoms with Crippen molar-refractivity contribution in [3.8, 4) is 0 Å². The largest absolute Gasteiger partial charge is 0.324 e. The fourth-order valence-electron chi connectivity index (χ4n) is 2.77. The summed E-state index contributed by atoms with van der Waals surface area (Å²) in [5.74, 6) is 0.0150. The van der Waals surface area contributed by atoms with Crippen molar-refractivity contribution in [3.63, 3.8) is 0 Å². The number of fused-ring (bicyclic) bond motifs is 1. The average Bonchev–Trinajstić information content (AvgIpc) is 2.67. The topological polar surface area (TPSA) is 29.1 Å². The van der Waals surface area contributed by atoms with Crippen molar-refractivity contribution in [3.05, 3.63) is 64.2 Å². The molecule has 1 unspecified atom stereocenters. The number of anilines is 1. The summed E-state index contributed by atoms with van der Waals surface area (Å²) >= 11 is 6.17. The van der Waals surface area contributed by atoms with E-state index < -0.39 is 5.41 Å². The van der Waals surface area contributed by atoms with Crippen molar-refractivity contribution >= 4 is 23.2 Å². The fraction of sp³-hybridized carbons (Fsp3) is 0.235. The summed E-state index contributed by atoms with van der Waals surface area (Å²) < 4.78 is 0. The van der Waals surface area contributed by atoms with Gasteiger partial charge in [0, 0.05) is 0 Å². The molecular formula is C17H16ClNO. The highest BCUT2D eigenvalue weighted by Gasteiger charge is 2.43. The number of amides is 1. The van der Waals surface area contributed by atoms with E-state index in [4.69, 9.17) is 11.6 Å². The molecule has 1 atom stereocenters. The Labute approximate surface area is 123 Å². The van der Waals surface area contributed by atoms with Crippen LogP contribution in [0, 0.1) is 6.92 Å². The molecule has 0 spiro atoms. The zero-order valence-corrected chi connectivity index (χ0v) is 12.3. The van der Waals surface area contributed by atoms with E-state index in [1.165, 1.54) is 5.56 Å². The molecule has 2 aromatic carbocycles. The van der Waals surface area contributed by atoms with Crippen molar-refractivity contribution in [2.45, 2.75) is 25.7 Å². The van der Waals surface area contributed by atoms with E-state index in [1.807, 2.05) is 19.1 Å². The second-order valence-corrected chi connectivity index (χ2v) is 6.02. The Morgan fingerprint density at radius 3 is 2.55 bits per heavy atom. The monoisotopic (exact) mass is 285 g/mol. The Morgan fingerprint density at radius 2 is 1.85 bits per heavy atom. The van der Waals surface area contributed by atoms with Gasteiger partial charge < -0.3 is 5.32 Å². The van der Waals surface area contributed by atoms with Crippen molar-refractivity contribution in [1.82, 2.24) is 0 Å². The first-order valence-corrected chi connectivity index (χ1v) is 7.04. The zero-order chi connectivity index (χ0) is 14.3. The van der Waals surface area contributed by atoms with E-state index in [9.17, 15) is 4.79 Å². The molecule has 1 N–H and O–H groups in total. The Balaban J connectivity index is 2.02. The lowest BCUT2D eigenvalue weighted by atomic mass is 9.78. The molecule has 1 heterocycles. The highest BCUT2D eigenvalue weighted by Crippen LogP contribution is 2.43. The number of carbonyl (C=O) groups is 1. The van der Waals surface area contributed by atoms with Gasteiger partial charge in [-0.05, 0) is 37.5 Å². The minimum atomic E-state index is -0.560. The summed E-state index contributed by atoms with van der Waals surface area (Å²) in [6.45, 7) is 4.03. The van der Waals surface area contributed by atoms with E-state index >= 15 is 0 Å². The number of benzene rings is 2. The molecule has 1 amide bonds. The lowest BCUT2D eigenvalue weighted by Gasteiger charge is -2.22. The third kappa shape index (κ3) is 2.01. The Hall–Kier alpha value is -1.80. The minimum absolute atomic E-state index is 0.0150. The predicted molar refractivity (Wildman–Crippen MR) is 82.3 cm³/mol. The van der Waals surface area contributed by atoms with Crippen LogP contribution in [0.3, 0.4) is 0 Å². The van der Waals surface area contributed by atoms with Crippen LogP contribution in [0.2, 0.25) is 5.02 Å². The van der Waals surface area contributed by atoms with Crippen LogP contribution in [-0.2, 0) is 16.6 Å². The molecule has 0 aliphatic carbocycles. The van der Waals surface area contributed by atoms with Gasteiger partial charge in [-0.2, -0.15) is 0 Å². The first kappa shape index (κ1) is 13.2. The van der Waals surface area contributed by atoms with E-state index in [0.717, 1.165) is 16.8 Å². The number of hydrogen-bond donors (Lipinski definition) is 1. The Bertz CT molecular complexity index is 678. The predicted octanol–water partition coefficient (Wildman–Crippen LogP) is 4.10. The summed E-state index contributed by atoms with van der Waals surface area (Å²) in [5.41, 5.74) is 3.55. The van der Waals surface area contributed by atoms with Crippen LogP contribution >= 0.6 is 11.6 Å². The van der Waals surface area contributed by atoms with Crippen molar-refractivity contribution in [2.24, 2.45) is 0 Å². The molecule has 0 fully saturated rings. The number of halogens is 1. The van der Waals surface area contributed by atoms with Crippen LogP contribution in [0.5, 0.6) is 0 Å². The molecule has 3 heteroatoms. The molecule has 0 saturated carbocycles. The summed E-state index contributed by atoms with van der Waals surface area (Å²) in [6.07, 6.45) is 0.673. The average molecular weight is 286 g/mol. The van der Waals surface area contributed by atoms with Gasteiger partial charge in [0.2, 0.25) is 5.91 Å². The first-order valence-electron chi connectivity index (χ1n) is 6.67. The molecule has 2 nitrogen and oxygen atoms in total. The normalized spacial score (nSPS) is 20.6. The third-order valence-corrected chi connectivity index (χ3v) is 4.34. The maximum Gasteiger partial charge on any atom is 0.235 e. The number of hydrogen-bond acceptors (Lipinski definition) is 1. The van der Waals surface area contributed by atoms with Gasteiger partial charge in [0.15, 0.2) is 0 Å². The van der Waals surface area contributed by atoms with Crippen LogP contribution in [-0.4, -0.2) is 5.91 Å². The molecule has 0 saturated heterocycles. The summed E-state index contributed by atoms with van der Waals surface area (Å²) in [6, 6.07) is 14.0. The van der Waals surface area contributed by atoms with Gasteiger partial charge in [-0.1, -0.05) is 53.6 Å². The molecule has 2 aromatic rings. The molecule has 102 valence electrons. The Kier molecular flexibility index (Phi) is 3.06. The zero-order valence-electron chi connectivity index (χ0n) is 11.5. The summed E-state index contributed by atoms with van der Waals surface area (Å²) in [4.78, 5) is 12.4. The standard InChI is InChI=1S/C17H16ClNO/c1-11-6-8-12(9-7-11)10-17(2)13-4-3-5-14(18)15(13)19-16(17)20/h3-9H,10H2,1-2H3,(H,19,20). The Morgan fingerprint density at radius 1 is 1.15 bits per heavy atom. The van der Waals surface area contributed by atoms with Gasteiger partial charge in [0.05, 0.1) is 16.1 Å². The van der Waals surface area contributed by atoms with E-state index in [1.54, 1.807) is 6.07 Å². The van der Waals surface area contributed by atoms with E-state index in [2.05, 4.69) is 36.5 Å². The van der Waals surface area contributed by atoms with Crippen molar-refractivity contribution < 1.29 is 4.79 Å². The lowest BCUT2D eigenvalue weighted by molar-refractivity contribution is -0.120. The summed E-state index contributed by atoms with van der Waals surface area (Å²) in [7, 11) is 0. The van der Waals surface area contributed by atoms with Gasteiger partial charge in [-0.25, -0.2) is 0 Å².